The van der Waals surface area contributed by atoms with Crippen molar-refractivity contribution in [3.8, 4) is 0 Å². The Kier molecular flexibility index (Phi) is 7.42. The molecule has 1 aliphatic carbocycles. The number of ketones is 1. The lowest BCUT2D eigenvalue weighted by Gasteiger charge is -2.26. The Balaban J connectivity index is 1.78. The zero-order chi connectivity index (χ0) is 25.1. The lowest BCUT2D eigenvalue weighted by Crippen LogP contribution is -2.35. The fourth-order valence-electron chi connectivity index (χ4n) is 4.47. The Labute approximate surface area is 206 Å². The van der Waals surface area contributed by atoms with Gasteiger partial charge in [-0.15, -0.1) is 0 Å². The first-order valence-corrected chi connectivity index (χ1v) is 12.0. The van der Waals surface area contributed by atoms with E-state index < -0.39 is 0 Å². The molecule has 1 aromatic rings. The van der Waals surface area contributed by atoms with Gasteiger partial charge in [0, 0.05) is 39.3 Å². The predicted molar refractivity (Wildman–Crippen MR) is 133 cm³/mol. The summed E-state index contributed by atoms with van der Waals surface area (Å²) in [5, 5.41) is 14.5. The van der Waals surface area contributed by atoms with Gasteiger partial charge in [0.25, 0.3) is 5.91 Å². The fourth-order valence-corrected chi connectivity index (χ4v) is 4.47. The van der Waals surface area contributed by atoms with E-state index in [1.165, 1.54) is 11.1 Å². The lowest BCUT2D eigenvalue weighted by molar-refractivity contribution is -0.124. The summed E-state index contributed by atoms with van der Waals surface area (Å²) in [6, 6.07) is 8.00. The van der Waals surface area contributed by atoms with Gasteiger partial charge in [0.1, 0.15) is 5.76 Å². The van der Waals surface area contributed by atoms with Crippen LogP contribution in [0.5, 0.6) is 0 Å². The highest BCUT2D eigenvalue weighted by atomic mass is 16.7. The van der Waals surface area contributed by atoms with Crippen LogP contribution in [0.2, 0.25) is 0 Å². The first-order chi connectivity index (χ1) is 16.8. The van der Waals surface area contributed by atoms with Crippen LogP contribution in [-0.4, -0.2) is 66.7 Å². The molecule has 0 radical (unpaired) electrons. The average Bonchev–Trinajstić information content (AvgIpc) is 3.17. The molecule has 2 aliphatic heterocycles. The van der Waals surface area contributed by atoms with E-state index in [-0.39, 0.29) is 23.4 Å². The number of morpholine rings is 1. The van der Waals surface area contributed by atoms with E-state index in [4.69, 9.17) is 9.57 Å². The maximum absolute atomic E-state index is 13.0. The summed E-state index contributed by atoms with van der Waals surface area (Å²) in [6.07, 6.45) is 2.88. The number of hydrogen-bond acceptors (Lipinski definition) is 7. The highest BCUT2D eigenvalue weighted by Crippen LogP contribution is 2.40. The minimum absolute atomic E-state index is 0.00356. The minimum Gasteiger partial charge on any atom is -0.508 e. The summed E-state index contributed by atoms with van der Waals surface area (Å²) < 4.78 is 5.43. The number of benzene rings is 1. The van der Waals surface area contributed by atoms with Gasteiger partial charge in [0.2, 0.25) is 0 Å². The topological polar surface area (TPSA) is 91.3 Å². The van der Waals surface area contributed by atoms with E-state index in [0.717, 1.165) is 44.0 Å². The fraction of sp³-hybridized carbons (Fsp3) is 0.407. The third-order valence-corrected chi connectivity index (χ3v) is 6.31. The van der Waals surface area contributed by atoms with Crippen molar-refractivity contribution in [2.75, 3.05) is 39.9 Å². The Morgan fingerprint density at radius 1 is 1.14 bits per heavy atom. The minimum atomic E-state index is -0.367. The molecular formula is C27H33N3O5. The van der Waals surface area contributed by atoms with Crippen LogP contribution < -0.4 is 5.32 Å². The van der Waals surface area contributed by atoms with E-state index >= 15 is 0 Å². The molecule has 0 atom stereocenters. The van der Waals surface area contributed by atoms with Crippen molar-refractivity contribution in [2.24, 2.45) is 5.92 Å². The number of ether oxygens (including phenoxy) is 1. The van der Waals surface area contributed by atoms with Crippen LogP contribution in [0.1, 0.15) is 31.9 Å². The number of aliphatic hydroxyl groups is 1. The van der Waals surface area contributed by atoms with Crippen LogP contribution in [0.15, 0.2) is 64.8 Å². The Hall–Kier alpha value is -3.36. The van der Waals surface area contributed by atoms with Gasteiger partial charge < -0.3 is 20.0 Å². The Morgan fingerprint density at radius 3 is 2.46 bits per heavy atom. The molecule has 1 aromatic carbocycles. The zero-order valence-electron chi connectivity index (χ0n) is 20.8. The second-order valence-corrected chi connectivity index (χ2v) is 9.15. The van der Waals surface area contributed by atoms with Crippen LogP contribution in [0.3, 0.4) is 0 Å². The Morgan fingerprint density at radius 2 is 1.83 bits per heavy atom. The number of carbonyl (C=O) groups excluding carboxylic acids is 2. The third kappa shape index (κ3) is 5.18. The number of hydroxylamine groups is 2. The monoisotopic (exact) mass is 479 g/mol. The van der Waals surface area contributed by atoms with Crippen LogP contribution in [0.25, 0.3) is 5.57 Å². The number of allylic oxidation sites excluding steroid dienone is 5. The zero-order valence-corrected chi connectivity index (χ0v) is 20.8. The molecule has 35 heavy (non-hydrogen) atoms. The van der Waals surface area contributed by atoms with Gasteiger partial charge in [-0.1, -0.05) is 38.1 Å². The summed E-state index contributed by atoms with van der Waals surface area (Å²) in [5.74, 6) is -0.380. The van der Waals surface area contributed by atoms with Crippen molar-refractivity contribution in [3.05, 3.63) is 75.9 Å². The molecule has 1 fully saturated rings. The van der Waals surface area contributed by atoms with Gasteiger partial charge in [-0.2, -0.15) is 0 Å². The molecule has 0 bridgehead atoms. The molecule has 1 saturated heterocycles. The molecule has 3 aliphatic rings. The van der Waals surface area contributed by atoms with Gasteiger partial charge in [0.15, 0.2) is 17.2 Å². The van der Waals surface area contributed by atoms with Gasteiger partial charge in [-0.05, 0) is 35.6 Å². The molecule has 0 spiro atoms. The maximum Gasteiger partial charge on any atom is 0.271 e. The van der Waals surface area contributed by atoms with Crippen molar-refractivity contribution in [1.29, 1.82) is 0 Å². The van der Waals surface area contributed by atoms with Gasteiger partial charge >= 0.3 is 0 Å². The van der Waals surface area contributed by atoms with E-state index in [0.29, 0.717) is 34.7 Å². The molecule has 0 aromatic heterocycles. The first kappa shape index (κ1) is 24.8. The summed E-state index contributed by atoms with van der Waals surface area (Å²) in [6.45, 7) is 10.3. The molecule has 0 saturated carbocycles. The lowest BCUT2D eigenvalue weighted by atomic mass is 9.89. The van der Waals surface area contributed by atoms with Crippen LogP contribution >= 0.6 is 0 Å². The molecule has 186 valence electrons. The van der Waals surface area contributed by atoms with Crippen LogP contribution in [-0.2, 0) is 25.7 Å². The normalized spacial score (nSPS) is 21.3. The number of carbonyl (C=O) groups is 2. The van der Waals surface area contributed by atoms with Gasteiger partial charge in [-0.3, -0.25) is 14.5 Å². The largest absolute Gasteiger partial charge is 0.508 e. The molecule has 8 nitrogen and oxygen atoms in total. The number of nitrogens with zero attached hydrogens (tertiary/aromatic N) is 2. The molecule has 2 heterocycles. The summed E-state index contributed by atoms with van der Waals surface area (Å²) in [7, 11) is 1.65. The van der Waals surface area contributed by atoms with E-state index in [1.807, 2.05) is 45.0 Å². The smallest absolute Gasteiger partial charge is 0.271 e. The van der Waals surface area contributed by atoms with Crippen molar-refractivity contribution >= 4 is 17.3 Å². The summed E-state index contributed by atoms with van der Waals surface area (Å²) in [5.41, 5.74) is 3.76. The molecule has 0 unspecified atom stereocenters. The van der Waals surface area contributed by atoms with E-state index in [1.54, 1.807) is 13.1 Å². The Bertz CT molecular complexity index is 1120. The quantitative estimate of drug-likeness (QED) is 0.606. The molecule has 2 N–H and O–H groups in total. The van der Waals surface area contributed by atoms with Crippen molar-refractivity contribution in [1.82, 2.24) is 15.3 Å². The van der Waals surface area contributed by atoms with Crippen molar-refractivity contribution in [2.45, 2.75) is 27.3 Å². The van der Waals surface area contributed by atoms with E-state index in [9.17, 15) is 14.7 Å². The number of hydrogen-bond donors (Lipinski definition) is 2. The number of nitrogens with one attached hydrogen (secondary N) is 1. The number of aliphatic hydroxyl groups excluding tert-OH is 1. The molecular weight excluding hydrogens is 446 g/mol. The molecule has 1 amide bonds. The van der Waals surface area contributed by atoms with Crippen molar-refractivity contribution in [3.63, 3.8) is 0 Å². The number of likely N-dealkylation sites (N-methyl/N-ethyl adjacent to an activating group) is 2. The average molecular weight is 480 g/mol. The van der Waals surface area contributed by atoms with Crippen LogP contribution in [0.4, 0.5) is 0 Å². The van der Waals surface area contributed by atoms with Crippen molar-refractivity contribution < 1.29 is 24.3 Å². The second kappa shape index (κ2) is 10.5. The van der Waals surface area contributed by atoms with Gasteiger partial charge in [0.05, 0.1) is 24.4 Å². The number of amides is 1. The number of rotatable bonds is 6. The highest BCUT2D eigenvalue weighted by Gasteiger charge is 2.36. The standard InChI is InChI=1S/C27H33N3O5/c1-5-28-27(33)25-24(19-8-6-18(7-9-19)16-30-10-12-34-13-11-30)26(35-29(25)4)21-14-20(17(2)3)22(31)15-23(21)32/h6-9,14-15,17,31H,5,10-13,16H2,1-4H3,(H,28,33)/b26-21-. The third-order valence-electron chi connectivity index (χ3n) is 6.31. The highest BCUT2D eigenvalue weighted by molar-refractivity contribution is 6.13. The van der Waals surface area contributed by atoms with Crippen LogP contribution in [0, 0.1) is 5.92 Å². The van der Waals surface area contributed by atoms with Gasteiger partial charge in [-0.25, -0.2) is 5.06 Å². The molecule has 4 rings (SSSR count). The second-order valence-electron chi connectivity index (χ2n) is 9.15. The maximum atomic E-state index is 13.0. The van der Waals surface area contributed by atoms with E-state index in [2.05, 4.69) is 10.2 Å². The molecule has 8 heteroatoms. The first-order valence-electron chi connectivity index (χ1n) is 12.0. The SMILES string of the molecule is CCNC(=O)C1=C(c2ccc(CN3CCOCC3)cc2)/C(=C2\C=C(C(C)C)C(O)=CC2=O)ON1C. The summed E-state index contributed by atoms with van der Waals surface area (Å²) in [4.78, 5) is 34.3. The summed E-state index contributed by atoms with van der Waals surface area (Å²) >= 11 is 0. The predicted octanol–water partition coefficient (Wildman–Crippen LogP) is 3.10.